The average molecular weight is 445 g/mol. The number of ether oxygens (including phenoxy) is 3. The van der Waals surface area contributed by atoms with Crippen LogP contribution in [0.15, 0.2) is 65.8 Å². The molecular weight excluding hydrogens is 423 g/mol. The molecule has 7 heteroatoms. The van der Waals surface area contributed by atoms with Crippen LogP contribution in [0.4, 0.5) is 0 Å². The van der Waals surface area contributed by atoms with Crippen molar-refractivity contribution in [1.29, 1.82) is 0 Å². The molecule has 0 aliphatic heterocycles. The van der Waals surface area contributed by atoms with Crippen molar-refractivity contribution in [3.05, 3.63) is 87.4 Å². The second kappa shape index (κ2) is 10.8. The maximum atomic E-state index is 6.04. The van der Waals surface area contributed by atoms with Crippen molar-refractivity contribution < 1.29 is 14.2 Å². The third-order valence-corrected chi connectivity index (χ3v) is 5.02. The van der Waals surface area contributed by atoms with Crippen molar-refractivity contribution in [2.24, 2.45) is 5.10 Å². The maximum absolute atomic E-state index is 6.04. The first-order valence-electron chi connectivity index (χ1n) is 9.22. The van der Waals surface area contributed by atoms with Gasteiger partial charge in [-0.1, -0.05) is 47.5 Å². The van der Waals surface area contributed by atoms with Crippen LogP contribution >= 0.6 is 23.2 Å². The van der Waals surface area contributed by atoms with Crippen molar-refractivity contribution in [2.75, 3.05) is 14.2 Å². The number of methoxy groups -OCH3 is 2. The molecule has 0 aromatic heterocycles. The fourth-order valence-electron chi connectivity index (χ4n) is 2.73. The third-order valence-electron chi connectivity index (χ3n) is 4.28. The van der Waals surface area contributed by atoms with E-state index in [4.69, 9.17) is 37.4 Å². The zero-order chi connectivity index (χ0) is 21.3. The van der Waals surface area contributed by atoms with Gasteiger partial charge in [0.25, 0.3) is 0 Å². The summed E-state index contributed by atoms with van der Waals surface area (Å²) in [5.41, 5.74) is 5.93. The Balaban J connectivity index is 1.54. The van der Waals surface area contributed by atoms with Gasteiger partial charge in [-0.3, -0.25) is 0 Å². The highest BCUT2D eigenvalue weighted by atomic mass is 35.5. The molecule has 0 atom stereocenters. The van der Waals surface area contributed by atoms with Crippen LogP contribution < -0.4 is 19.6 Å². The highest BCUT2D eigenvalue weighted by Gasteiger charge is 2.04. The van der Waals surface area contributed by atoms with E-state index in [0.717, 1.165) is 22.4 Å². The fourth-order valence-corrected chi connectivity index (χ4v) is 3.05. The van der Waals surface area contributed by atoms with E-state index < -0.39 is 0 Å². The van der Waals surface area contributed by atoms with E-state index in [-0.39, 0.29) is 0 Å². The molecule has 0 spiro atoms. The Morgan fingerprint density at radius 2 is 1.67 bits per heavy atom. The van der Waals surface area contributed by atoms with E-state index in [9.17, 15) is 0 Å². The van der Waals surface area contributed by atoms with Gasteiger partial charge in [-0.25, -0.2) is 0 Å². The van der Waals surface area contributed by atoms with Crippen LogP contribution in [0, 0.1) is 0 Å². The van der Waals surface area contributed by atoms with Crippen LogP contribution in [0.1, 0.15) is 16.7 Å². The Morgan fingerprint density at radius 1 is 0.867 bits per heavy atom. The smallest absolute Gasteiger partial charge is 0.161 e. The topological polar surface area (TPSA) is 52.1 Å². The van der Waals surface area contributed by atoms with Gasteiger partial charge in [-0.05, 0) is 53.1 Å². The summed E-state index contributed by atoms with van der Waals surface area (Å²) in [4.78, 5) is 0. The zero-order valence-electron chi connectivity index (χ0n) is 16.7. The minimum absolute atomic E-state index is 0.398. The van der Waals surface area contributed by atoms with Crippen molar-refractivity contribution in [3.63, 3.8) is 0 Å². The second-order valence-electron chi connectivity index (χ2n) is 6.39. The van der Waals surface area contributed by atoms with Crippen LogP contribution in [0.2, 0.25) is 10.0 Å². The minimum Gasteiger partial charge on any atom is -0.493 e. The summed E-state index contributed by atoms with van der Waals surface area (Å²) < 4.78 is 16.4. The summed E-state index contributed by atoms with van der Waals surface area (Å²) in [6.45, 7) is 0.958. The molecule has 3 aromatic carbocycles. The van der Waals surface area contributed by atoms with Gasteiger partial charge in [0.05, 0.1) is 37.0 Å². The number of rotatable bonds is 9. The Morgan fingerprint density at radius 3 is 2.43 bits per heavy atom. The summed E-state index contributed by atoms with van der Waals surface area (Å²) in [5.74, 6) is 2.12. The van der Waals surface area contributed by atoms with E-state index >= 15 is 0 Å². The Labute approximate surface area is 186 Å². The molecule has 0 amide bonds. The fraction of sp³-hybridized carbons (Fsp3) is 0.174. The predicted octanol–water partition coefficient (Wildman–Crippen LogP) is 5.71. The molecule has 0 saturated carbocycles. The van der Waals surface area contributed by atoms with E-state index in [1.807, 2.05) is 48.5 Å². The van der Waals surface area contributed by atoms with E-state index in [2.05, 4.69) is 10.5 Å². The first kappa shape index (κ1) is 21.8. The first-order chi connectivity index (χ1) is 14.6. The Bertz CT molecular complexity index is 1030. The first-order valence-corrected chi connectivity index (χ1v) is 9.98. The van der Waals surface area contributed by atoms with Crippen LogP contribution in [-0.2, 0) is 13.2 Å². The molecule has 0 radical (unpaired) electrons. The van der Waals surface area contributed by atoms with Crippen molar-refractivity contribution in [2.45, 2.75) is 13.2 Å². The molecular formula is C23H22Cl2N2O3. The van der Waals surface area contributed by atoms with E-state index in [0.29, 0.717) is 34.7 Å². The predicted molar refractivity (Wildman–Crippen MR) is 121 cm³/mol. The number of hydrogen-bond acceptors (Lipinski definition) is 5. The van der Waals surface area contributed by atoms with Crippen LogP contribution in [-0.4, -0.2) is 20.4 Å². The lowest BCUT2D eigenvalue weighted by Gasteiger charge is -2.09. The van der Waals surface area contributed by atoms with Crippen molar-refractivity contribution >= 4 is 29.4 Å². The third kappa shape index (κ3) is 6.05. The zero-order valence-corrected chi connectivity index (χ0v) is 18.2. The minimum atomic E-state index is 0.398. The monoisotopic (exact) mass is 444 g/mol. The van der Waals surface area contributed by atoms with Gasteiger partial charge in [-0.2, -0.15) is 5.10 Å². The summed E-state index contributed by atoms with van der Waals surface area (Å²) in [7, 11) is 3.23. The summed E-state index contributed by atoms with van der Waals surface area (Å²) in [6.07, 6.45) is 1.74. The standard InChI is InChI=1S/C23H22Cl2N2O3/c1-28-22-9-7-17(12-23(22)29-2)14-27-26-13-16-4-3-5-19(10-16)30-15-18-6-8-20(24)21(25)11-18/h3-13,27H,14-15H2,1-2H3/b26-13+. The molecule has 30 heavy (non-hydrogen) atoms. The lowest BCUT2D eigenvalue weighted by atomic mass is 10.2. The number of hydrogen-bond donors (Lipinski definition) is 1. The molecule has 3 rings (SSSR count). The van der Waals surface area contributed by atoms with E-state index in [1.165, 1.54) is 0 Å². The molecule has 1 N–H and O–H groups in total. The maximum Gasteiger partial charge on any atom is 0.161 e. The normalized spacial score (nSPS) is 10.8. The quantitative estimate of drug-likeness (QED) is 0.339. The number of benzene rings is 3. The lowest BCUT2D eigenvalue weighted by molar-refractivity contribution is 0.306. The lowest BCUT2D eigenvalue weighted by Crippen LogP contribution is -2.06. The number of halogens is 2. The van der Waals surface area contributed by atoms with Crippen LogP contribution in [0.3, 0.4) is 0 Å². The highest BCUT2D eigenvalue weighted by molar-refractivity contribution is 6.42. The summed E-state index contributed by atoms with van der Waals surface area (Å²) in [5, 5.41) is 5.32. The molecule has 0 heterocycles. The van der Waals surface area contributed by atoms with Gasteiger partial charge >= 0.3 is 0 Å². The SMILES string of the molecule is COc1ccc(CN/N=C/c2cccc(OCc3ccc(Cl)c(Cl)c3)c2)cc1OC. The molecule has 3 aromatic rings. The van der Waals surface area contributed by atoms with Gasteiger partial charge in [0.15, 0.2) is 11.5 Å². The highest BCUT2D eigenvalue weighted by Crippen LogP contribution is 2.27. The number of hydrazone groups is 1. The molecule has 0 fully saturated rings. The van der Waals surface area contributed by atoms with Gasteiger partial charge < -0.3 is 19.6 Å². The molecule has 0 aliphatic carbocycles. The number of nitrogens with zero attached hydrogens (tertiary/aromatic N) is 1. The summed E-state index contributed by atoms with van der Waals surface area (Å²) in [6, 6.07) is 18.9. The number of nitrogens with one attached hydrogen (secondary N) is 1. The molecule has 5 nitrogen and oxygen atoms in total. The molecule has 0 unspecified atom stereocenters. The van der Waals surface area contributed by atoms with Gasteiger partial charge in [-0.15, -0.1) is 0 Å². The molecule has 0 aliphatic rings. The second-order valence-corrected chi connectivity index (χ2v) is 7.21. The molecule has 156 valence electrons. The van der Waals surface area contributed by atoms with Crippen molar-refractivity contribution in [3.8, 4) is 17.2 Å². The molecule has 0 bridgehead atoms. The molecule has 0 saturated heterocycles. The Kier molecular flexibility index (Phi) is 7.82. The van der Waals surface area contributed by atoms with E-state index in [1.54, 1.807) is 32.6 Å². The van der Waals surface area contributed by atoms with Gasteiger partial charge in [0.1, 0.15) is 12.4 Å². The van der Waals surface area contributed by atoms with Gasteiger partial charge in [0, 0.05) is 0 Å². The Hall–Kier alpha value is -2.89. The van der Waals surface area contributed by atoms with Crippen LogP contribution in [0.25, 0.3) is 0 Å². The van der Waals surface area contributed by atoms with Crippen molar-refractivity contribution in [1.82, 2.24) is 5.43 Å². The average Bonchev–Trinajstić information content (AvgIpc) is 2.77. The van der Waals surface area contributed by atoms with Gasteiger partial charge in [0.2, 0.25) is 0 Å². The van der Waals surface area contributed by atoms with Crippen LogP contribution in [0.5, 0.6) is 17.2 Å². The summed E-state index contributed by atoms with van der Waals surface area (Å²) >= 11 is 12.0. The largest absolute Gasteiger partial charge is 0.493 e.